The highest BCUT2D eigenvalue weighted by molar-refractivity contribution is 7.09. The van der Waals surface area contributed by atoms with Gasteiger partial charge in [0.15, 0.2) is 0 Å². The van der Waals surface area contributed by atoms with Crippen LogP contribution in [0.25, 0.3) is 0 Å². The van der Waals surface area contributed by atoms with Crippen molar-refractivity contribution in [2.75, 3.05) is 0 Å². The molecule has 1 fully saturated rings. The van der Waals surface area contributed by atoms with E-state index in [-0.39, 0.29) is 24.2 Å². The molecule has 112 valence electrons. The summed E-state index contributed by atoms with van der Waals surface area (Å²) in [4.78, 5) is 16.4. The van der Waals surface area contributed by atoms with Crippen LogP contribution >= 0.6 is 11.3 Å². The second-order valence-electron chi connectivity index (χ2n) is 5.36. The number of thiazole rings is 1. The molecule has 2 amide bonds. The Labute approximate surface area is 123 Å². The van der Waals surface area contributed by atoms with Gasteiger partial charge in [0.2, 0.25) is 0 Å². The van der Waals surface area contributed by atoms with Crippen molar-refractivity contribution in [2.24, 2.45) is 0 Å². The van der Waals surface area contributed by atoms with E-state index in [1.54, 1.807) is 11.3 Å². The number of amides is 2. The molecule has 1 saturated carbocycles. The summed E-state index contributed by atoms with van der Waals surface area (Å²) in [5, 5.41) is 18.4. The molecule has 1 aliphatic carbocycles. The first-order valence-electron chi connectivity index (χ1n) is 7.28. The number of rotatable bonds is 4. The van der Waals surface area contributed by atoms with Crippen molar-refractivity contribution in [3.8, 4) is 0 Å². The van der Waals surface area contributed by atoms with Crippen LogP contribution in [0.1, 0.15) is 56.3 Å². The van der Waals surface area contributed by atoms with Crippen molar-refractivity contribution >= 4 is 17.4 Å². The molecular formula is C14H23N3O2S. The summed E-state index contributed by atoms with van der Waals surface area (Å²) >= 11 is 1.63. The van der Waals surface area contributed by atoms with Gasteiger partial charge < -0.3 is 15.7 Å². The molecule has 0 bridgehead atoms. The van der Waals surface area contributed by atoms with Crippen LogP contribution in [0.4, 0.5) is 4.79 Å². The van der Waals surface area contributed by atoms with Crippen LogP contribution < -0.4 is 10.6 Å². The van der Waals surface area contributed by atoms with E-state index in [0.717, 1.165) is 42.8 Å². The number of carbonyl (C=O) groups excluding carboxylic acids is 1. The second-order valence-corrected chi connectivity index (χ2v) is 6.31. The van der Waals surface area contributed by atoms with Crippen molar-refractivity contribution in [1.29, 1.82) is 0 Å². The van der Waals surface area contributed by atoms with Crippen molar-refractivity contribution in [3.63, 3.8) is 0 Å². The van der Waals surface area contributed by atoms with Gasteiger partial charge in [-0.2, -0.15) is 0 Å². The third-order valence-corrected chi connectivity index (χ3v) is 4.71. The molecule has 3 N–H and O–H groups in total. The van der Waals surface area contributed by atoms with Gasteiger partial charge in [-0.15, -0.1) is 11.3 Å². The number of aromatic nitrogens is 1. The molecule has 1 aromatic rings. The number of urea groups is 1. The minimum absolute atomic E-state index is 0.0827. The van der Waals surface area contributed by atoms with Crippen LogP contribution in [0.15, 0.2) is 5.38 Å². The van der Waals surface area contributed by atoms with E-state index in [1.165, 1.54) is 0 Å². The predicted molar refractivity (Wildman–Crippen MR) is 79.8 cm³/mol. The van der Waals surface area contributed by atoms with Gasteiger partial charge in [-0.25, -0.2) is 9.78 Å². The van der Waals surface area contributed by atoms with Gasteiger partial charge in [0, 0.05) is 11.4 Å². The fourth-order valence-electron chi connectivity index (χ4n) is 2.40. The highest BCUT2D eigenvalue weighted by Crippen LogP contribution is 2.19. The molecule has 0 spiro atoms. The van der Waals surface area contributed by atoms with Crippen LogP contribution in [0, 0.1) is 0 Å². The van der Waals surface area contributed by atoms with Crippen LogP contribution in [-0.2, 0) is 6.42 Å². The fraction of sp³-hybridized carbons (Fsp3) is 0.714. The average molecular weight is 297 g/mol. The van der Waals surface area contributed by atoms with Crippen LogP contribution in [0.3, 0.4) is 0 Å². The van der Waals surface area contributed by atoms with Gasteiger partial charge in [-0.3, -0.25) is 0 Å². The summed E-state index contributed by atoms with van der Waals surface area (Å²) < 4.78 is 0. The minimum Gasteiger partial charge on any atom is -0.393 e. The third-order valence-electron chi connectivity index (χ3n) is 3.70. The van der Waals surface area contributed by atoms with Crippen molar-refractivity contribution in [2.45, 2.75) is 64.1 Å². The monoisotopic (exact) mass is 297 g/mol. The maximum Gasteiger partial charge on any atom is 0.315 e. The molecule has 1 atom stereocenters. The van der Waals surface area contributed by atoms with Crippen LogP contribution in [0.2, 0.25) is 0 Å². The van der Waals surface area contributed by atoms with Gasteiger partial charge in [-0.1, -0.05) is 6.92 Å². The number of hydrogen-bond acceptors (Lipinski definition) is 4. The standard InChI is InChI=1S/C14H23N3O2S/c1-3-13-17-12(8-20-13)9(2)15-14(19)16-10-4-6-11(18)7-5-10/h8-11,18H,3-7H2,1-2H3,(H2,15,16,19). The lowest BCUT2D eigenvalue weighted by Crippen LogP contribution is -2.44. The zero-order chi connectivity index (χ0) is 14.5. The molecule has 2 rings (SSSR count). The fourth-order valence-corrected chi connectivity index (χ4v) is 3.24. The average Bonchev–Trinajstić information content (AvgIpc) is 2.90. The van der Waals surface area contributed by atoms with Gasteiger partial charge >= 0.3 is 6.03 Å². The summed E-state index contributed by atoms with van der Waals surface area (Å²) in [6, 6.07) is -0.0575. The maximum absolute atomic E-state index is 11.9. The predicted octanol–water partition coefficient (Wildman–Crippen LogP) is 2.37. The molecule has 20 heavy (non-hydrogen) atoms. The summed E-state index contributed by atoms with van der Waals surface area (Å²) in [7, 11) is 0. The maximum atomic E-state index is 11.9. The van der Waals surface area contributed by atoms with Crippen LogP contribution in [0.5, 0.6) is 0 Å². The SMILES string of the molecule is CCc1nc(C(C)NC(=O)NC2CCC(O)CC2)cs1. The summed E-state index contributed by atoms with van der Waals surface area (Å²) in [6.07, 6.45) is 3.96. The molecule has 0 radical (unpaired) electrons. The Balaban J connectivity index is 1.78. The molecule has 1 heterocycles. The second kappa shape index (κ2) is 7.04. The highest BCUT2D eigenvalue weighted by Gasteiger charge is 2.21. The van der Waals surface area contributed by atoms with E-state index in [1.807, 2.05) is 12.3 Å². The Kier molecular flexibility index (Phi) is 5.37. The molecule has 0 aromatic carbocycles. The molecule has 1 aromatic heterocycles. The van der Waals surface area contributed by atoms with E-state index in [9.17, 15) is 9.90 Å². The van der Waals surface area contributed by atoms with Gasteiger partial charge in [0.05, 0.1) is 22.8 Å². The van der Waals surface area contributed by atoms with E-state index < -0.39 is 0 Å². The Hall–Kier alpha value is -1.14. The smallest absolute Gasteiger partial charge is 0.315 e. The van der Waals surface area contributed by atoms with Gasteiger partial charge in [0.1, 0.15) is 0 Å². The number of aliphatic hydroxyl groups excluding tert-OH is 1. The van der Waals surface area contributed by atoms with E-state index in [0.29, 0.717) is 0 Å². The Morgan fingerprint density at radius 2 is 2.20 bits per heavy atom. The largest absolute Gasteiger partial charge is 0.393 e. The lowest BCUT2D eigenvalue weighted by atomic mass is 9.93. The van der Waals surface area contributed by atoms with Gasteiger partial charge in [0.25, 0.3) is 0 Å². The summed E-state index contributed by atoms with van der Waals surface area (Å²) in [5.74, 6) is 0. The molecular weight excluding hydrogens is 274 g/mol. The van der Waals surface area contributed by atoms with Crippen molar-refractivity contribution < 1.29 is 9.90 Å². The Bertz CT molecular complexity index is 441. The summed E-state index contributed by atoms with van der Waals surface area (Å²) in [6.45, 7) is 4.02. The number of aliphatic hydroxyl groups is 1. The van der Waals surface area contributed by atoms with E-state index >= 15 is 0 Å². The zero-order valence-corrected chi connectivity index (χ0v) is 12.9. The Morgan fingerprint density at radius 1 is 1.50 bits per heavy atom. The first kappa shape index (κ1) is 15.3. The van der Waals surface area contributed by atoms with Crippen LogP contribution in [-0.4, -0.2) is 28.3 Å². The highest BCUT2D eigenvalue weighted by atomic mass is 32.1. The number of carbonyl (C=O) groups is 1. The van der Waals surface area contributed by atoms with E-state index in [4.69, 9.17) is 0 Å². The third kappa shape index (κ3) is 4.18. The Morgan fingerprint density at radius 3 is 2.80 bits per heavy atom. The molecule has 5 nitrogen and oxygen atoms in total. The number of aryl methyl sites for hydroxylation is 1. The first-order valence-corrected chi connectivity index (χ1v) is 8.15. The zero-order valence-electron chi connectivity index (χ0n) is 12.1. The lowest BCUT2D eigenvalue weighted by Gasteiger charge is -2.26. The molecule has 6 heteroatoms. The quantitative estimate of drug-likeness (QED) is 0.798. The molecule has 0 saturated heterocycles. The normalized spacial score (nSPS) is 24.1. The number of nitrogens with one attached hydrogen (secondary N) is 2. The minimum atomic E-state index is -0.197. The lowest BCUT2D eigenvalue weighted by molar-refractivity contribution is 0.117. The first-order chi connectivity index (χ1) is 9.58. The van der Waals surface area contributed by atoms with Crippen molar-refractivity contribution in [1.82, 2.24) is 15.6 Å². The molecule has 1 unspecified atom stereocenters. The molecule has 1 aliphatic rings. The topological polar surface area (TPSA) is 74.2 Å². The van der Waals surface area contributed by atoms with Crippen molar-refractivity contribution in [3.05, 3.63) is 16.1 Å². The van der Waals surface area contributed by atoms with Gasteiger partial charge in [-0.05, 0) is 39.0 Å². The van der Waals surface area contributed by atoms with E-state index in [2.05, 4.69) is 22.5 Å². The molecule has 0 aliphatic heterocycles. The number of hydrogen-bond donors (Lipinski definition) is 3. The number of nitrogens with zero attached hydrogens (tertiary/aromatic N) is 1. The summed E-state index contributed by atoms with van der Waals surface area (Å²) in [5.41, 5.74) is 0.918.